The van der Waals surface area contributed by atoms with E-state index in [1.165, 1.54) is 0 Å². The third kappa shape index (κ3) is 46.5. The maximum Gasteiger partial charge on any atom is 0.107 e. The number of terminal acetylenes is 2. The molecule has 49 heavy (non-hydrogen) atoms. The number of rotatable bonds is 44. The predicted molar refractivity (Wildman–Crippen MR) is 180 cm³/mol. The number of hydrogen-bond donors (Lipinski definition) is 0. The first-order valence-corrected chi connectivity index (χ1v) is 16.9. The summed E-state index contributed by atoms with van der Waals surface area (Å²) in [4.78, 5) is 0. The highest BCUT2D eigenvalue weighted by Crippen LogP contribution is 1.88. The van der Waals surface area contributed by atoms with E-state index in [9.17, 15) is 0 Å². The van der Waals surface area contributed by atoms with Crippen molar-refractivity contribution in [2.75, 3.05) is 198 Å². The van der Waals surface area contributed by atoms with E-state index in [1.807, 2.05) is 0 Å². The minimum absolute atomic E-state index is 0.304. The lowest BCUT2D eigenvalue weighted by molar-refractivity contribution is -0.0298. The van der Waals surface area contributed by atoms with Gasteiger partial charge in [0.2, 0.25) is 0 Å². The summed E-state index contributed by atoms with van der Waals surface area (Å²) in [6.45, 7) is 14.7. The van der Waals surface area contributed by atoms with Gasteiger partial charge in [-0.3, -0.25) is 0 Å². The molecule has 0 fully saturated rings. The Morgan fingerprint density at radius 1 is 0.184 bits per heavy atom. The van der Waals surface area contributed by atoms with Gasteiger partial charge in [-0.2, -0.15) is 0 Å². The van der Waals surface area contributed by atoms with Crippen molar-refractivity contribution < 1.29 is 71.1 Å². The van der Waals surface area contributed by atoms with Crippen molar-refractivity contribution in [1.82, 2.24) is 0 Å². The van der Waals surface area contributed by atoms with E-state index < -0.39 is 0 Å². The van der Waals surface area contributed by atoms with Gasteiger partial charge in [0.1, 0.15) is 13.2 Å². The van der Waals surface area contributed by atoms with Crippen LogP contribution < -0.4 is 0 Å². The molecule has 0 aliphatic heterocycles. The van der Waals surface area contributed by atoms with Crippen LogP contribution in [0.2, 0.25) is 0 Å². The Kier molecular flexibility index (Phi) is 45.1. The Hall–Kier alpha value is -1.48. The predicted octanol–water partition coefficient (Wildman–Crippen LogP) is 0.502. The number of hydrogen-bond acceptors (Lipinski definition) is 15. The van der Waals surface area contributed by atoms with E-state index >= 15 is 0 Å². The van der Waals surface area contributed by atoms with Crippen LogP contribution in [0.3, 0.4) is 0 Å². The average molecular weight is 711 g/mol. The van der Waals surface area contributed by atoms with E-state index in [1.54, 1.807) is 0 Å². The summed E-state index contributed by atoms with van der Waals surface area (Å²) < 4.78 is 80.9. The molecule has 0 amide bonds. The molecule has 0 rings (SSSR count). The molecule has 0 aliphatic rings. The number of ether oxygens (including phenoxy) is 15. The molecule has 288 valence electrons. The molecule has 0 spiro atoms. The lowest BCUT2D eigenvalue weighted by Gasteiger charge is -2.09. The Balaban J connectivity index is 3.04. The van der Waals surface area contributed by atoms with Gasteiger partial charge in [-0.05, 0) is 0 Å². The van der Waals surface area contributed by atoms with Crippen molar-refractivity contribution in [2.24, 2.45) is 0 Å². The van der Waals surface area contributed by atoms with Gasteiger partial charge in [-0.15, -0.1) is 12.8 Å². The molecule has 0 aromatic rings. The van der Waals surface area contributed by atoms with Crippen molar-refractivity contribution in [3.05, 3.63) is 0 Å². The zero-order valence-electron chi connectivity index (χ0n) is 29.5. The van der Waals surface area contributed by atoms with Crippen molar-refractivity contribution in [3.8, 4) is 24.7 Å². The highest BCUT2D eigenvalue weighted by atomic mass is 16.6. The van der Waals surface area contributed by atoms with Gasteiger partial charge in [0.05, 0.1) is 185 Å². The summed E-state index contributed by atoms with van der Waals surface area (Å²) in [5.74, 6) is 4.79. The van der Waals surface area contributed by atoms with Crippen molar-refractivity contribution in [3.63, 3.8) is 0 Å². The molecule has 0 aromatic carbocycles. The van der Waals surface area contributed by atoms with E-state index in [0.29, 0.717) is 198 Å². The lowest BCUT2D eigenvalue weighted by atomic mass is 10.6. The van der Waals surface area contributed by atoms with Crippen LogP contribution in [0.5, 0.6) is 0 Å². The van der Waals surface area contributed by atoms with Gasteiger partial charge in [0.25, 0.3) is 0 Å². The topological polar surface area (TPSA) is 138 Å². The van der Waals surface area contributed by atoms with Crippen molar-refractivity contribution in [1.29, 1.82) is 0 Å². The van der Waals surface area contributed by atoms with Gasteiger partial charge in [0, 0.05) is 0 Å². The van der Waals surface area contributed by atoms with Crippen LogP contribution in [0, 0.1) is 24.7 Å². The second-order valence-corrected chi connectivity index (χ2v) is 9.47. The Bertz CT molecular complexity index is 633. The fourth-order valence-electron chi connectivity index (χ4n) is 3.24. The molecular formula is C34H62O15. The highest BCUT2D eigenvalue weighted by Gasteiger charge is 1.97. The summed E-state index contributed by atoms with van der Waals surface area (Å²) >= 11 is 0. The normalized spacial score (nSPS) is 11.2. The first kappa shape index (κ1) is 47.5. The third-order valence-electron chi connectivity index (χ3n) is 5.58. The van der Waals surface area contributed by atoms with Crippen LogP contribution in [0.25, 0.3) is 0 Å². The summed E-state index contributed by atoms with van der Waals surface area (Å²) in [7, 11) is 0. The quantitative estimate of drug-likeness (QED) is 0.0641. The maximum atomic E-state index is 5.48. The fourth-order valence-corrected chi connectivity index (χ4v) is 3.24. The minimum atomic E-state index is 0.304. The average Bonchev–Trinajstić information content (AvgIpc) is 3.11. The van der Waals surface area contributed by atoms with Gasteiger partial charge in [0.15, 0.2) is 0 Å². The molecule has 15 nitrogen and oxygen atoms in total. The Labute approximate surface area is 293 Å². The molecule has 0 unspecified atom stereocenters. The van der Waals surface area contributed by atoms with Crippen LogP contribution in [-0.4, -0.2) is 198 Å². The molecule has 0 saturated carbocycles. The van der Waals surface area contributed by atoms with E-state index in [-0.39, 0.29) is 0 Å². The van der Waals surface area contributed by atoms with Crippen molar-refractivity contribution >= 4 is 0 Å². The zero-order chi connectivity index (χ0) is 35.2. The first-order valence-electron chi connectivity index (χ1n) is 16.9. The van der Waals surface area contributed by atoms with E-state index in [4.69, 9.17) is 83.9 Å². The van der Waals surface area contributed by atoms with E-state index in [2.05, 4.69) is 11.8 Å². The molecule has 0 aromatic heterocycles. The summed E-state index contributed by atoms with van der Waals surface area (Å²) in [5, 5.41) is 0. The molecule has 0 bridgehead atoms. The molecular weight excluding hydrogens is 648 g/mol. The standard InChI is InChI=1S/C34H62O15/c1-3-5-35-7-9-37-11-13-39-15-17-41-19-21-43-23-25-45-27-29-47-31-33-49-34-32-48-30-28-46-26-24-44-22-20-42-18-16-40-14-12-38-10-8-36-6-4-2/h1-2H,5-34H2. The summed E-state index contributed by atoms with van der Waals surface area (Å²) in [6.07, 6.45) is 10.2. The molecule has 0 atom stereocenters. The largest absolute Gasteiger partial charge is 0.377 e. The Morgan fingerprint density at radius 3 is 0.388 bits per heavy atom. The molecule has 15 heteroatoms. The molecule has 0 heterocycles. The van der Waals surface area contributed by atoms with Crippen LogP contribution in [-0.2, 0) is 71.1 Å². The second kappa shape index (κ2) is 46.5. The maximum absolute atomic E-state index is 5.48. The van der Waals surface area contributed by atoms with Crippen LogP contribution in [0.1, 0.15) is 0 Å². The van der Waals surface area contributed by atoms with Gasteiger partial charge >= 0.3 is 0 Å². The molecule has 0 N–H and O–H groups in total. The van der Waals surface area contributed by atoms with Crippen molar-refractivity contribution in [2.45, 2.75) is 0 Å². The lowest BCUT2D eigenvalue weighted by Crippen LogP contribution is -2.15. The fraction of sp³-hybridized carbons (Fsp3) is 0.882. The second-order valence-electron chi connectivity index (χ2n) is 9.47. The zero-order valence-corrected chi connectivity index (χ0v) is 29.5. The SMILES string of the molecule is C#CCOCCOCCOCCOCCOCCOCCOCCOCCOCCOCCOCCOCCOCCOCCOCC#C. The van der Waals surface area contributed by atoms with Gasteiger partial charge in [-0.1, -0.05) is 11.8 Å². The third-order valence-corrected chi connectivity index (χ3v) is 5.58. The summed E-state index contributed by atoms with van der Waals surface area (Å²) in [5.41, 5.74) is 0. The van der Waals surface area contributed by atoms with Crippen LogP contribution >= 0.6 is 0 Å². The minimum Gasteiger partial charge on any atom is -0.377 e. The highest BCUT2D eigenvalue weighted by molar-refractivity contribution is 4.83. The van der Waals surface area contributed by atoms with E-state index in [0.717, 1.165) is 0 Å². The van der Waals surface area contributed by atoms with Gasteiger partial charge < -0.3 is 71.1 Å². The smallest absolute Gasteiger partial charge is 0.107 e. The summed E-state index contributed by atoms with van der Waals surface area (Å²) in [6, 6.07) is 0. The molecule has 0 radical (unpaired) electrons. The first-order chi connectivity index (χ1) is 24.4. The monoisotopic (exact) mass is 710 g/mol. The van der Waals surface area contributed by atoms with Crippen LogP contribution in [0.15, 0.2) is 0 Å². The molecule has 0 aliphatic carbocycles. The van der Waals surface area contributed by atoms with Crippen LogP contribution in [0.4, 0.5) is 0 Å². The Morgan fingerprint density at radius 2 is 0.286 bits per heavy atom. The molecule has 0 saturated heterocycles. The van der Waals surface area contributed by atoms with Gasteiger partial charge in [-0.25, -0.2) is 0 Å².